The van der Waals surface area contributed by atoms with E-state index in [2.05, 4.69) is 5.32 Å². The Morgan fingerprint density at radius 1 is 1.25 bits per heavy atom. The van der Waals surface area contributed by atoms with Gasteiger partial charge >= 0.3 is 6.18 Å². The number of para-hydroxylation sites is 1. The zero-order valence-electron chi connectivity index (χ0n) is 11.0. The van der Waals surface area contributed by atoms with Gasteiger partial charge < -0.3 is 10.2 Å². The molecule has 0 aromatic heterocycles. The summed E-state index contributed by atoms with van der Waals surface area (Å²) in [6.45, 7) is 0. The van der Waals surface area contributed by atoms with E-state index in [0.29, 0.717) is 18.5 Å². The van der Waals surface area contributed by atoms with Crippen LogP contribution in [0.25, 0.3) is 0 Å². The smallest absolute Gasteiger partial charge is 0.358 e. The number of hydrogen-bond acceptors (Lipinski definition) is 2. The summed E-state index contributed by atoms with van der Waals surface area (Å²) in [5.74, 6) is -0.318. The Bertz CT molecular complexity index is 562. The zero-order chi connectivity index (χ0) is 14.5. The molecule has 0 atom stereocenters. The van der Waals surface area contributed by atoms with E-state index in [1.54, 1.807) is 18.0 Å². The first-order valence-corrected chi connectivity index (χ1v) is 6.62. The highest BCUT2D eigenvalue weighted by Gasteiger charge is 2.49. The van der Waals surface area contributed by atoms with Crippen LogP contribution in [0.15, 0.2) is 18.2 Å². The molecule has 0 bridgehead atoms. The summed E-state index contributed by atoms with van der Waals surface area (Å²) in [4.78, 5) is 14.1. The Labute approximate surface area is 114 Å². The van der Waals surface area contributed by atoms with E-state index in [-0.39, 0.29) is 11.6 Å². The maximum Gasteiger partial charge on any atom is 0.418 e. The Balaban J connectivity index is 2.14. The number of nitrogens with one attached hydrogen (secondary N) is 1. The Hall–Kier alpha value is -1.72. The van der Waals surface area contributed by atoms with E-state index in [9.17, 15) is 18.0 Å². The molecule has 6 heteroatoms. The van der Waals surface area contributed by atoms with Crippen LogP contribution in [0.3, 0.4) is 0 Å². The first kappa shape index (κ1) is 13.3. The van der Waals surface area contributed by atoms with Crippen molar-refractivity contribution in [3.05, 3.63) is 23.8 Å². The van der Waals surface area contributed by atoms with Gasteiger partial charge in [-0.2, -0.15) is 13.2 Å². The van der Waals surface area contributed by atoms with Crippen LogP contribution in [-0.4, -0.2) is 18.5 Å². The van der Waals surface area contributed by atoms with E-state index in [0.717, 1.165) is 18.9 Å². The molecule has 2 aliphatic rings. The van der Waals surface area contributed by atoms with E-state index in [1.807, 2.05) is 0 Å². The summed E-state index contributed by atoms with van der Waals surface area (Å²) in [6.07, 6.45) is -1.26. The predicted octanol–water partition coefficient (Wildman–Crippen LogP) is 3.41. The van der Waals surface area contributed by atoms with Crippen LogP contribution in [0.4, 0.5) is 24.5 Å². The van der Waals surface area contributed by atoms with E-state index in [4.69, 9.17) is 0 Å². The lowest BCUT2D eigenvalue weighted by molar-refractivity contribution is -0.137. The molecular weight excluding hydrogens is 269 g/mol. The minimum absolute atomic E-state index is 0.120. The first-order chi connectivity index (χ1) is 9.36. The largest absolute Gasteiger partial charge is 0.418 e. The molecule has 0 saturated heterocycles. The summed E-state index contributed by atoms with van der Waals surface area (Å²) in [7, 11) is 1.71. The molecule has 1 saturated carbocycles. The fourth-order valence-corrected chi connectivity index (χ4v) is 3.32. The minimum Gasteiger partial charge on any atom is -0.358 e. The van der Waals surface area contributed by atoms with Crippen molar-refractivity contribution in [2.45, 2.75) is 37.4 Å². The molecule has 108 valence electrons. The molecule has 1 fully saturated rings. The van der Waals surface area contributed by atoms with Gasteiger partial charge in [0, 0.05) is 7.05 Å². The van der Waals surface area contributed by atoms with Gasteiger partial charge in [0.1, 0.15) is 5.54 Å². The van der Waals surface area contributed by atoms with Gasteiger partial charge in [0.15, 0.2) is 0 Å². The number of fused-ring (bicyclic) bond motifs is 1. The van der Waals surface area contributed by atoms with Crippen LogP contribution in [0.1, 0.15) is 31.2 Å². The van der Waals surface area contributed by atoms with E-state index >= 15 is 0 Å². The molecule has 1 N–H and O–H groups in total. The Kier molecular flexibility index (Phi) is 2.74. The molecule has 0 unspecified atom stereocenters. The molecule has 1 aliphatic heterocycles. The van der Waals surface area contributed by atoms with E-state index < -0.39 is 17.3 Å². The average molecular weight is 284 g/mol. The van der Waals surface area contributed by atoms with Crippen molar-refractivity contribution in [3.63, 3.8) is 0 Å². The molecule has 20 heavy (non-hydrogen) atoms. The number of amides is 1. The van der Waals surface area contributed by atoms with E-state index in [1.165, 1.54) is 6.07 Å². The predicted molar refractivity (Wildman–Crippen MR) is 69.7 cm³/mol. The van der Waals surface area contributed by atoms with Crippen molar-refractivity contribution >= 4 is 17.3 Å². The van der Waals surface area contributed by atoms with Gasteiger partial charge in [0.25, 0.3) is 0 Å². The number of rotatable bonds is 0. The van der Waals surface area contributed by atoms with Crippen molar-refractivity contribution in [3.8, 4) is 0 Å². The van der Waals surface area contributed by atoms with Crippen LogP contribution < -0.4 is 10.2 Å². The molecule has 1 amide bonds. The number of likely N-dealkylation sites (N-methyl/N-ethyl adjacent to an activating group) is 1. The van der Waals surface area contributed by atoms with Crippen LogP contribution in [0.2, 0.25) is 0 Å². The number of carbonyl (C=O) groups is 1. The van der Waals surface area contributed by atoms with Gasteiger partial charge in [-0.25, -0.2) is 0 Å². The lowest BCUT2D eigenvalue weighted by Gasteiger charge is -2.44. The molecule has 1 aromatic carbocycles. The zero-order valence-corrected chi connectivity index (χ0v) is 11.0. The van der Waals surface area contributed by atoms with Gasteiger partial charge in [-0.1, -0.05) is 18.9 Å². The fourth-order valence-electron chi connectivity index (χ4n) is 3.32. The third kappa shape index (κ3) is 1.70. The quantitative estimate of drug-likeness (QED) is 0.792. The lowest BCUT2D eigenvalue weighted by atomic mass is 9.90. The maximum atomic E-state index is 13.0. The highest BCUT2D eigenvalue weighted by atomic mass is 19.4. The molecule has 0 radical (unpaired) electrons. The normalized spacial score (nSPS) is 21.0. The number of alkyl halides is 3. The van der Waals surface area contributed by atoms with Crippen molar-refractivity contribution in [2.24, 2.45) is 0 Å². The third-order valence-electron chi connectivity index (χ3n) is 4.44. The summed E-state index contributed by atoms with van der Waals surface area (Å²) in [6, 6.07) is 4.02. The Morgan fingerprint density at radius 3 is 2.50 bits per heavy atom. The molecule has 3 rings (SSSR count). The lowest BCUT2D eigenvalue weighted by Crippen LogP contribution is -2.57. The van der Waals surface area contributed by atoms with Crippen molar-refractivity contribution in [1.82, 2.24) is 0 Å². The summed E-state index contributed by atoms with van der Waals surface area (Å²) >= 11 is 0. The second-order valence-electron chi connectivity index (χ2n) is 5.45. The number of carbonyl (C=O) groups excluding carboxylic acids is 1. The SMILES string of the molecule is CN1c2cccc(C(F)(F)F)c2NC(=O)C12CCCC2. The molecule has 1 aromatic rings. The van der Waals surface area contributed by atoms with Gasteiger partial charge in [-0.05, 0) is 25.0 Å². The Morgan fingerprint density at radius 2 is 1.90 bits per heavy atom. The van der Waals surface area contributed by atoms with Gasteiger partial charge in [-0.3, -0.25) is 4.79 Å². The molecule has 1 aliphatic carbocycles. The van der Waals surface area contributed by atoms with Crippen LogP contribution in [0, 0.1) is 0 Å². The number of halogens is 3. The molecule has 3 nitrogen and oxygen atoms in total. The highest BCUT2D eigenvalue weighted by Crippen LogP contribution is 2.48. The second kappa shape index (κ2) is 4.14. The molecule has 1 heterocycles. The number of hydrogen-bond donors (Lipinski definition) is 1. The van der Waals surface area contributed by atoms with Crippen LogP contribution in [0.5, 0.6) is 0 Å². The monoisotopic (exact) mass is 284 g/mol. The molecular formula is C14H15F3N2O. The topological polar surface area (TPSA) is 32.3 Å². The van der Waals surface area contributed by atoms with Crippen LogP contribution in [-0.2, 0) is 11.0 Å². The molecule has 1 spiro atoms. The van der Waals surface area contributed by atoms with Gasteiger partial charge in [0.05, 0.1) is 16.9 Å². The number of nitrogens with zero attached hydrogens (tertiary/aromatic N) is 1. The summed E-state index contributed by atoms with van der Waals surface area (Å²) in [5.41, 5.74) is -1.15. The minimum atomic E-state index is -4.47. The fraction of sp³-hybridized carbons (Fsp3) is 0.500. The second-order valence-corrected chi connectivity index (χ2v) is 5.45. The average Bonchev–Trinajstić information content (AvgIpc) is 2.85. The highest BCUT2D eigenvalue weighted by molar-refractivity contribution is 6.07. The van der Waals surface area contributed by atoms with Crippen molar-refractivity contribution < 1.29 is 18.0 Å². The first-order valence-electron chi connectivity index (χ1n) is 6.62. The standard InChI is InChI=1S/C14H15F3N2O/c1-19-10-6-4-5-9(14(15,16)17)11(10)18-12(20)13(19)7-2-3-8-13/h4-6H,2-3,7-8H2,1H3,(H,18,20). The van der Waals surface area contributed by atoms with Crippen molar-refractivity contribution in [2.75, 3.05) is 17.3 Å². The maximum absolute atomic E-state index is 13.0. The summed E-state index contributed by atoms with van der Waals surface area (Å²) in [5, 5.41) is 2.50. The van der Waals surface area contributed by atoms with Crippen LogP contribution >= 0.6 is 0 Å². The number of anilines is 2. The third-order valence-corrected chi connectivity index (χ3v) is 4.44. The van der Waals surface area contributed by atoms with Gasteiger partial charge in [0.2, 0.25) is 5.91 Å². The van der Waals surface area contributed by atoms with Gasteiger partial charge in [-0.15, -0.1) is 0 Å². The number of benzene rings is 1. The van der Waals surface area contributed by atoms with Crippen molar-refractivity contribution in [1.29, 1.82) is 0 Å². The summed E-state index contributed by atoms with van der Waals surface area (Å²) < 4.78 is 39.1.